The van der Waals surface area contributed by atoms with Crippen LogP contribution in [0.1, 0.15) is 6.42 Å². The van der Waals surface area contributed by atoms with Crippen LogP contribution in [-0.4, -0.2) is 57.4 Å². The van der Waals surface area contributed by atoms with Gasteiger partial charge in [-0.25, -0.2) is 13.9 Å². The number of benzene rings is 1. The van der Waals surface area contributed by atoms with E-state index in [-0.39, 0.29) is 25.2 Å². The van der Waals surface area contributed by atoms with Crippen LogP contribution >= 0.6 is 0 Å². The van der Waals surface area contributed by atoms with Crippen molar-refractivity contribution in [2.75, 3.05) is 22.9 Å². The van der Waals surface area contributed by atoms with E-state index in [4.69, 9.17) is 4.74 Å². The predicted molar refractivity (Wildman–Crippen MR) is 87.0 cm³/mol. The molecule has 4 rings (SSSR count). The summed E-state index contributed by atoms with van der Waals surface area (Å²) in [6.07, 6.45) is 1.35. The van der Waals surface area contributed by atoms with Crippen molar-refractivity contribution in [1.29, 1.82) is 0 Å². The molecule has 9 nitrogen and oxygen atoms in total. The Labute approximate surface area is 147 Å². The minimum atomic E-state index is -1.10. The van der Waals surface area contributed by atoms with Crippen molar-refractivity contribution >= 4 is 23.4 Å². The summed E-state index contributed by atoms with van der Waals surface area (Å²) in [6, 6.07) is 4.17. The van der Waals surface area contributed by atoms with Crippen molar-refractivity contribution in [2.45, 2.75) is 25.2 Å². The fraction of sp³-hybridized carbons (Fsp3) is 0.375. The van der Waals surface area contributed by atoms with Crippen LogP contribution in [0.25, 0.3) is 0 Å². The van der Waals surface area contributed by atoms with Crippen LogP contribution in [0.3, 0.4) is 0 Å². The van der Waals surface area contributed by atoms with E-state index >= 15 is 0 Å². The maximum Gasteiger partial charge on any atom is 0.414 e. The van der Waals surface area contributed by atoms with E-state index in [1.807, 2.05) is 0 Å². The number of rotatable bonds is 4. The number of aromatic nitrogens is 3. The van der Waals surface area contributed by atoms with Gasteiger partial charge in [0.15, 0.2) is 0 Å². The Balaban J connectivity index is 1.50. The van der Waals surface area contributed by atoms with Gasteiger partial charge in [-0.3, -0.25) is 9.69 Å². The van der Waals surface area contributed by atoms with Crippen LogP contribution in [0.2, 0.25) is 0 Å². The van der Waals surface area contributed by atoms with Crippen molar-refractivity contribution in [1.82, 2.24) is 15.0 Å². The van der Waals surface area contributed by atoms with Gasteiger partial charge in [0.05, 0.1) is 30.7 Å². The number of amides is 2. The van der Waals surface area contributed by atoms with Gasteiger partial charge in [0.2, 0.25) is 0 Å². The highest BCUT2D eigenvalue weighted by atomic mass is 19.1. The lowest BCUT2D eigenvalue weighted by molar-refractivity contribution is -0.124. The number of carbonyl (C=O) groups is 2. The molecule has 0 spiro atoms. The fourth-order valence-corrected chi connectivity index (χ4v) is 3.15. The van der Waals surface area contributed by atoms with Gasteiger partial charge in [0, 0.05) is 19.2 Å². The highest BCUT2D eigenvalue weighted by Gasteiger charge is 2.35. The van der Waals surface area contributed by atoms with E-state index in [0.29, 0.717) is 12.2 Å². The highest BCUT2D eigenvalue weighted by molar-refractivity contribution is 5.99. The summed E-state index contributed by atoms with van der Waals surface area (Å²) in [7, 11) is 0. The van der Waals surface area contributed by atoms with Gasteiger partial charge < -0.3 is 14.7 Å². The molecule has 2 aliphatic heterocycles. The van der Waals surface area contributed by atoms with Crippen LogP contribution in [0.15, 0.2) is 30.6 Å². The average Bonchev–Trinajstić information content (AvgIpc) is 3.32. The molecular weight excluding hydrogens is 345 g/mol. The molecule has 2 fully saturated rings. The van der Waals surface area contributed by atoms with Gasteiger partial charge in [-0.1, -0.05) is 5.21 Å². The van der Waals surface area contributed by atoms with Gasteiger partial charge in [-0.15, -0.1) is 5.10 Å². The lowest BCUT2D eigenvalue weighted by atomic mass is 10.2. The molecule has 0 saturated carbocycles. The summed E-state index contributed by atoms with van der Waals surface area (Å²) >= 11 is 0. The number of cyclic esters (lactones) is 1. The Morgan fingerprint density at radius 1 is 1.31 bits per heavy atom. The topological polar surface area (TPSA) is 101 Å². The first-order chi connectivity index (χ1) is 12.5. The third kappa shape index (κ3) is 2.88. The lowest BCUT2D eigenvalue weighted by Gasteiger charge is -2.19. The molecule has 2 atom stereocenters. The van der Waals surface area contributed by atoms with E-state index < -0.39 is 30.0 Å². The van der Waals surface area contributed by atoms with E-state index in [1.54, 1.807) is 16.9 Å². The molecule has 2 aromatic rings. The summed E-state index contributed by atoms with van der Waals surface area (Å²) in [4.78, 5) is 26.5. The average molecular weight is 361 g/mol. The smallest absolute Gasteiger partial charge is 0.414 e. The number of nitrogens with zero attached hydrogens (tertiary/aromatic N) is 5. The van der Waals surface area contributed by atoms with Crippen molar-refractivity contribution < 1.29 is 23.8 Å². The molecule has 3 heterocycles. The second-order valence-corrected chi connectivity index (χ2v) is 6.17. The quantitative estimate of drug-likeness (QED) is 0.853. The molecule has 1 unspecified atom stereocenters. The molecule has 0 bridgehead atoms. The number of halogens is 1. The van der Waals surface area contributed by atoms with Gasteiger partial charge >= 0.3 is 6.09 Å². The second kappa shape index (κ2) is 6.37. The molecule has 26 heavy (non-hydrogen) atoms. The van der Waals surface area contributed by atoms with Crippen molar-refractivity contribution in [3.63, 3.8) is 0 Å². The monoisotopic (exact) mass is 361 g/mol. The summed E-state index contributed by atoms with van der Waals surface area (Å²) in [6.45, 7) is 0.851. The zero-order valence-electron chi connectivity index (χ0n) is 13.7. The molecule has 0 radical (unpaired) electrons. The number of aliphatic hydroxyl groups excluding tert-OH is 1. The summed E-state index contributed by atoms with van der Waals surface area (Å²) < 4.78 is 21.3. The lowest BCUT2D eigenvalue weighted by Crippen LogP contribution is -2.30. The van der Waals surface area contributed by atoms with E-state index in [0.717, 1.165) is 0 Å². The molecule has 1 N–H and O–H groups in total. The number of ether oxygens (including phenoxy) is 1. The number of anilines is 2. The van der Waals surface area contributed by atoms with E-state index in [2.05, 4.69) is 10.3 Å². The van der Waals surface area contributed by atoms with Gasteiger partial charge in [0.25, 0.3) is 5.91 Å². The van der Waals surface area contributed by atoms with Gasteiger partial charge in [-0.2, -0.15) is 0 Å². The maximum absolute atomic E-state index is 14.5. The largest absolute Gasteiger partial charge is 0.442 e. The molecule has 2 aliphatic rings. The molecule has 1 aromatic heterocycles. The van der Waals surface area contributed by atoms with Crippen LogP contribution in [0.5, 0.6) is 0 Å². The van der Waals surface area contributed by atoms with Gasteiger partial charge in [0.1, 0.15) is 18.0 Å². The molecule has 136 valence electrons. The first kappa shape index (κ1) is 16.5. The zero-order chi connectivity index (χ0) is 18.3. The molecule has 1 aromatic carbocycles. The SMILES string of the molecule is O=C1O[C@@H](Cn2ccnn2)CN1c1ccc(N2CCC(O)C2=O)c(F)c1. The van der Waals surface area contributed by atoms with Crippen LogP contribution < -0.4 is 9.80 Å². The first-order valence-corrected chi connectivity index (χ1v) is 8.14. The highest BCUT2D eigenvalue weighted by Crippen LogP contribution is 2.30. The first-order valence-electron chi connectivity index (χ1n) is 8.14. The second-order valence-electron chi connectivity index (χ2n) is 6.17. The van der Waals surface area contributed by atoms with Crippen LogP contribution in [-0.2, 0) is 16.1 Å². The molecule has 2 saturated heterocycles. The predicted octanol–water partition coefficient (Wildman–Crippen LogP) is 0.540. The molecular formula is C16H16FN5O4. The number of carbonyl (C=O) groups excluding carboxylic acids is 2. The molecule has 0 aliphatic carbocycles. The van der Waals surface area contributed by atoms with Gasteiger partial charge in [-0.05, 0) is 18.2 Å². The number of aliphatic hydroxyl groups is 1. The Kier molecular flexibility index (Phi) is 4.03. The number of hydrogen-bond donors (Lipinski definition) is 1. The van der Waals surface area contributed by atoms with E-state index in [1.165, 1.54) is 28.1 Å². The molecule has 10 heteroatoms. The minimum Gasteiger partial charge on any atom is -0.442 e. The normalized spacial score (nSPS) is 23.0. The summed E-state index contributed by atoms with van der Waals surface area (Å²) in [5.41, 5.74) is 0.423. The zero-order valence-corrected chi connectivity index (χ0v) is 13.7. The van der Waals surface area contributed by atoms with E-state index in [9.17, 15) is 19.1 Å². The maximum atomic E-state index is 14.5. The van der Waals surface area contributed by atoms with Crippen molar-refractivity contribution in [3.8, 4) is 0 Å². The Bertz CT molecular complexity index is 843. The Morgan fingerprint density at radius 2 is 2.15 bits per heavy atom. The Hall–Kier alpha value is -3.01. The standard InChI is InChI=1S/C16H16FN5O4/c17-12-7-10(1-2-13(12)21-5-3-14(23)15(21)24)22-9-11(26-16(22)25)8-20-6-4-18-19-20/h1-2,4,6-7,11,14,23H,3,5,8-9H2/t11-,14?/m0/s1. The molecule has 2 amide bonds. The summed E-state index contributed by atoms with van der Waals surface area (Å²) in [5, 5.41) is 17.0. The van der Waals surface area contributed by atoms with Crippen LogP contribution in [0.4, 0.5) is 20.6 Å². The van der Waals surface area contributed by atoms with Crippen molar-refractivity contribution in [2.24, 2.45) is 0 Å². The summed E-state index contributed by atoms with van der Waals surface area (Å²) in [5.74, 6) is -1.16. The number of hydrogen-bond acceptors (Lipinski definition) is 6. The van der Waals surface area contributed by atoms with Crippen molar-refractivity contribution in [3.05, 3.63) is 36.4 Å². The van der Waals surface area contributed by atoms with Crippen LogP contribution in [0, 0.1) is 5.82 Å². The third-order valence-electron chi connectivity index (χ3n) is 4.45. The fourth-order valence-electron chi connectivity index (χ4n) is 3.15. The third-order valence-corrected chi connectivity index (χ3v) is 4.45. The minimum absolute atomic E-state index is 0.0852. The Morgan fingerprint density at radius 3 is 2.81 bits per heavy atom.